The maximum atomic E-state index is 15.2. The number of allylic oxidation sites excluding steroid dienone is 1. The molecular formula is C49H60N4O9S. The SMILES string of the molecule is C=CCO[C@@]12Oc3ccc(OC(=O)NCc4ccccc4)cc3[C@H]3[C@H](CCCCO)[C@@H](CCCCO)C=C(C(=NOC(C)(C)C)C[C@@H]1N(C)S(=O)(=O)c1cccc4cccnc14)[C@H]32. The van der Waals surface area contributed by atoms with Gasteiger partial charge in [0, 0.05) is 56.3 Å². The summed E-state index contributed by atoms with van der Waals surface area (Å²) in [6.07, 6.45) is 9.07. The third-order valence-electron chi connectivity index (χ3n) is 12.3. The fourth-order valence-corrected chi connectivity index (χ4v) is 11.0. The number of sulfonamides is 1. The van der Waals surface area contributed by atoms with Gasteiger partial charge >= 0.3 is 6.09 Å². The van der Waals surface area contributed by atoms with Crippen LogP contribution in [0.3, 0.4) is 0 Å². The number of ether oxygens (including phenoxy) is 3. The molecule has 0 unspecified atom stereocenters. The normalized spacial score (nSPS) is 23.6. The zero-order valence-electron chi connectivity index (χ0n) is 36.6. The molecule has 1 saturated carbocycles. The number of unbranched alkanes of at least 4 members (excludes halogenated alkanes) is 2. The van der Waals surface area contributed by atoms with Crippen molar-refractivity contribution >= 4 is 32.7 Å². The van der Waals surface area contributed by atoms with E-state index in [-0.39, 0.29) is 55.4 Å². The summed E-state index contributed by atoms with van der Waals surface area (Å²) >= 11 is 0. The lowest BCUT2D eigenvalue weighted by Crippen LogP contribution is -2.69. The highest BCUT2D eigenvalue weighted by atomic mass is 32.2. The van der Waals surface area contributed by atoms with Gasteiger partial charge < -0.3 is 34.6 Å². The summed E-state index contributed by atoms with van der Waals surface area (Å²) in [5.41, 5.74) is 2.77. The molecule has 14 heteroatoms. The number of benzene rings is 3. The van der Waals surface area contributed by atoms with Gasteiger partial charge in [-0.1, -0.05) is 78.7 Å². The third-order valence-corrected chi connectivity index (χ3v) is 14.2. The highest BCUT2D eigenvalue weighted by molar-refractivity contribution is 7.89. The number of carbonyl (C=O) groups is 1. The predicted octanol–water partition coefficient (Wildman–Crippen LogP) is 8.28. The van der Waals surface area contributed by atoms with Gasteiger partial charge in [-0.25, -0.2) is 13.2 Å². The second-order valence-corrected chi connectivity index (χ2v) is 19.5. The van der Waals surface area contributed by atoms with Crippen molar-refractivity contribution in [2.45, 2.75) is 101 Å². The molecule has 3 aromatic carbocycles. The Hall–Kier alpha value is -5.12. The molecule has 13 nitrogen and oxygen atoms in total. The summed E-state index contributed by atoms with van der Waals surface area (Å²) in [7, 11) is -2.74. The topological polar surface area (TPSA) is 169 Å². The number of para-hydroxylation sites is 1. The van der Waals surface area contributed by atoms with Crippen LogP contribution in [0.2, 0.25) is 0 Å². The molecule has 2 aliphatic carbocycles. The monoisotopic (exact) mass is 880 g/mol. The van der Waals surface area contributed by atoms with Crippen LogP contribution >= 0.6 is 0 Å². The van der Waals surface area contributed by atoms with Crippen molar-refractivity contribution in [2.24, 2.45) is 22.9 Å². The first kappa shape index (κ1) is 45.9. The highest BCUT2D eigenvalue weighted by Crippen LogP contribution is 2.62. The van der Waals surface area contributed by atoms with E-state index in [1.165, 1.54) is 4.31 Å². The molecule has 3 aliphatic rings. The first-order chi connectivity index (χ1) is 30.3. The minimum Gasteiger partial charge on any atom is -0.460 e. The van der Waals surface area contributed by atoms with Crippen LogP contribution < -0.4 is 14.8 Å². The van der Waals surface area contributed by atoms with Gasteiger partial charge in [0.25, 0.3) is 0 Å². The lowest BCUT2D eigenvalue weighted by atomic mass is 9.55. The molecule has 0 saturated heterocycles. The van der Waals surface area contributed by atoms with Gasteiger partial charge in [-0.2, -0.15) is 4.31 Å². The first-order valence-electron chi connectivity index (χ1n) is 21.9. The molecule has 0 radical (unpaired) electrons. The number of pyridine rings is 1. The van der Waals surface area contributed by atoms with Gasteiger partial charge in [-0.3, -0.25) is 4.98 Å². The number of likely N-dealkylation sites (N-methyl/N-ethyl adjacent to an activating group) is 1. The fourth-order valence-electron chi connectivity index (χ4n) is 9.48. The zero-order chi connectivity index (χ0) is 44.8. The van der Waals surface area contributed by atoms with E-state index in [1.54, 1.807) is 49.7 Å². The Morgan fingerprint density at radius 2 is 1.76 bits per heavy atom. The number of oxime groups is 1. The van der Waals surface area contributed by atoms with Crippen LogP contribution in [0.5, 0.6) is 11.5 Å². The molecular weight excluding hydrogens is 821 g/mol. The minimum atomic E-state index is -4.30. The number of rotatable bonds is 18. The Balaban J connectivity index is 1.42. The van der Waals surface area contributed by atoms with Gasteiger partial charge in [0.15, 0.2) is 0 Å². The van der Waals surface area contributed by atoms with Gasteiger partial charge in [0.1, 0.15) is 22.0 Å². The van der Waals surface area contributed by atoms with E-state index >= 15 is 8.42 Å². The van der Waals surface area contributed by atoms with Gasteiger partial charge in [-0.05, 0) is 99.8 Å². The maximum Gasteiger partial charge on any atom is 0.412 e. The molecule has 0 bridgehead atoms. The summed E-state index contributed by atoms with van der Waals surface area (Å²) in [6.45, 7) is 10.1. The van der Waals surface area contributed by atoms with E-state index in [2.05, 4.69) is 23.0 Å². The van der Waals surface area contributed by atoms with E-state index in [4.69, 9.17) is 24.2 Å². The Morgan fingerprint density at radius 1 is 1.02 bits per heavy atom. The smallest absolute Gasteiger partial charge is 0.412 e. The largest absolute Gasteiger partial charge is 0.460 e. The summed E-state index contributed by atoms with van der Waals surface area (Å²) in [4.78, 5) is 24.0. The van der Waals surface area contributed by atoms with E-state index in [1.807, 2.05) is 69.3 Å². The quantitative estimate of drug-likeness (QED) is 0.0503. The van der Waals surface area contributed by atoms with Gasteiger partial charge in [0.05, 0.1) is 29.8 Å². The minimum absolute atomic E-state index is 0.0205. The molecule has 4 aromatic rings. The van der Waals surface area contributed by atoms with Crippen molar-refractivity contribution in [1.29, 1.82) is 0 Å². The molecule has 1 aliphatic heterocycles. The average molecular weight is 881 g/mol. The van der Waals surface area contributed by atoms with E-state index in [0.717, 1.165) is 36.0 Å². The van der Waals surface area contributed by atoms with Crippen molar-refractivity contribution in [3.05, 3.63) is 120 Å². The third kappa shape index (κ3) is 9.85. The molecule has 0 spiro atoms. The molecule has 2 heterocycles. The number of aromatic nitrogens is 1. The van der Waals surface area contributed by atoms with Crippen LogP contribution in [-0.2, 0) is 26.1 Å². The molecule has 1 fully saturated rings. The number of carbonyl (C=O) groups excluding carboxylic acids is 1. The number of hydrogen-bond acceptors (Lipinski definition) is 11. The number of nitrogens with one attached hydrogen (secondary N) is 1. The number of aliphatic hydroxyl groups excluding tert-OH is 2. The van der Waals surface area contributed by atoms with Crippen molar-refractivity contribution in [3.63, 3.8) is 0 Å². The Bertz CT molecular complexity index is 2410. The van der Waals surface area contributed by atoms with Crippen molar-refractivity contribution in [2.75, 3.05) is 26.9 Å². The molecule has 3 N–H and O–H groups in total. The van der Waals surface area contributed by atoms with Crippen LogP contribution in [0.25, 0.3) is 10.9 Å². The maximum absolute atomic E-state index is 15.2. The van der Waals surface area contributed by atoms with Crippen molar-refractivity contribution in [3.8, 4) is 11.5 Å². The second kappa shape index (κ2) is 19.7. The Kier molecular flexibility index (Phi) is 14.4. The number of fused-ring (bicyclic) bond motifs is 3. The molecule has 6 atom stereocenters. The first-order valence-corrected chi connectivity index (χ1v) is 23.3. The van der Waals surface area contributed by atoms with Crippen molar-refractivity contribution in [1.82, 2.24) is 14.6 Å². The molecule has 1 aromatic heterocycles. The number of nitrogens with zero attached hydrogens (tertiary/aromatic N) is 3. The average Bonchev–Trinajstić information content (AvgIpc) is 3.27. The molecule has 7 rings (SSSR count). The predicted molar refractivity (Wildman–Crippen MR) is 242 cm³/mol. The molecule has 63 heavy (non-hydrogen) atoms. The summed E-state index contributed by atoms with van der Waals surface area (Å²) in [5.74, 6) is -1.98. The lowest BCUT2D eigenvalue weighted by molar-refractivity contribution is -0.250. The van der Waals surface area contributed by atoms with E-state index in [9.17, 15) is 15.0 Å². The lowest BCUT2D eigenvalue weighted by Gasteiger charge is -2.59. The van der Waals surface area contributed by atoms with Gasteiger partial charge in [0.2, 0.25) is 15.8 Å². The summed E-state index contributed by atoms with van der Waals surface area (Å²) < 4.78 is 51.8. The van der Waals surface area contributed by atoms with Crippen LogP contribution in [0.4, 0.5) is 4.79 Å². The summed E-state index contributed by atoms with van der Waals surface area (Å²) in [6, 6.07) is 22.5. The van der Waals surface area contributed by atoms with Crippen LogP contribution in [-0.4, -0.2) is 84.0 Å². The fraction of sp³-hybridized carbons (Fsp3) is 0.449. The summed E-state index contributed by atoms with van der Waals surface area (Å²) in [5, 5.41) is 28.2. The van der Waals surface area contributed by atoms with Crippen molar-refractivity contribution < 1.29 is 42.5 Å². The van der Waals surface area contributed by atoms with Crippen LogP contribution in [0.1, 0.15) is 82.8 Å². The zero-order valence-corrected chi connectivity index (χ0v) is 37.4. The Morgan fingerprint density at radius 3 is 2.49 bits per heavy atom. The van der Waals surface area contributed by atoms with Gasteiger partial charge in [-0.15, -0.1) is 6.58 Å². The van der Waals surface area contributed by atoms with Crippen LogP contribution in [0.15, 0.2) is 119 Å². The van der Waals surface area contributed by atoms with Crippen LogP contribution in [0, 0.1) is 17.8 Å². The second-order valence-electron chi connectivity index (χ2n) is 17.6. The van der Waals surface area contributed by atoms with E-state index < -0.39 is 39.5 Å². The molecule has 336 valence electrons. The number of hydrogen-bond donors (Lipinski definition) is 3. The molecule has 1 amide bonds. The number of amides is 1. The number of aliphatic hydroxyl groups is 2. The standard InChI is InChI=1S/C49H60N4O9S/c1-6-28-59-49-43(53(5)63(57,58)42-22-14-19-34-20-15-25-50-46(34)42)31-40(52-62-48(2,3)4)38-29-35(18-10-12-26-54)37(21-11-13-27-55)44(45(38)49)39-30-36(23-24-41(39)61-49)60-47(56)51-32-33-16-8-7-9-17-33/h6-9,14-17,19-20,22-25,29-30,35,37,43-45,54-55H,1,10-13,18,21,26-28,31-32H2,2-5H3,(H,51,56)/t35-,37+,43-,44+,45+,49+/m0/s1. The van der Waals surface area contributed by atoms with E-state index in [0.29, 0.717) is 47.4 Å². The Labute approximate surface area is 370 Å². The highest BCUT2D eigenvalue weighted by Gasteiger charge is 2.66.